The monoisotopic (exact) mass is 468 g/mol. The Morgan fingerprint density at radius 3 is 2.18 bits per heavy atom. The summed E-state index contributed by atoms with van der Waals surface area (Å²) in [6.07, 6.45) is -6.19. The van der Waals surface area contributed by atoms with Gasteiger partial charge in [0.15, 0.2) is 0 Å². The van der Waals surface area contributed by atoms with Crippen LogP contribution in [0.5, 0.6) is 11.5 Å². The summed E-state index contributed by atoms with van der Waals surface area (Å²) in [5, 5.41) is 15.5. The van der Waals surface area contributed by atoms with Crippen molar-refractivity contribution in [1.82, 2.24) is 0 Å². The van der Waals surface area contributed by atoms with Gasteiger partial charge in [0.2, 0.25) is 0 Å². The number of phenolic OH excluding ortho intramolecular Hbond substituents is 1. The average molecular weight is 469 g/mol. The first-order valence-electron chi connectivity index (χ1n) is 14.2. The molecule has 0 aliphatic heterocycles. The van der Waals surface area contributed by atoms with E-state index in [0.717, 1.165) is 12.1 Å². The van der Waals surface area contributed by atoms with E-state index in [-0.39, 0.29) is 11.3 Å². The standard InChI is InChI=1S/C10H12O3.C8H8O3.C3H7Br/c1-2-7-13-9-6-4-3-5-8(9)10(11)12;1-11-8(10)6-4-2-3-5-7(6)9;1-2-3-4/h3-6H,2,7H2,1H3,(H,11,12);2-5,9H,1H3;2-3H2,1H3/i1D3,2D2,7D2;;1D3,2D2,3D2. The van der Waals surface area contributed by atoms with E-state index < -0.39 is 61.5 Å². The maximum absolute atomic E-state index is 10.9. The normalized spacial score (nSPS) is 19.5. The number of aromatic hydroxyl groups is 1. The van der Waals surface area contributed by atoms with Gasteiger partial charge in [-0.05, 0) is 37.0 Å². The molecule has 0 fully saturated rings. The lowest BCUT2D eigenvalue weighted by atomic mass is 10.2. The molecule has 0 spiro atoms. The first-order valence-corrected chi connectivity index (χ1v) is 8.01. The van der Waals surface area contributed by atoms with Crippen molar-refractivity contribution >= 4 is 27.9 Å². The molecule has 7 heteroatoms. The van der Waals surface area contributed by atoms with E-state index in [9.17, 15) is 9.59 Å². The fourth-order valence-electron chi connectivity index (χ4n) is 1.57. The van der Waals surface area contributed by atoms with Gasteiger partial charge in [0.1, 0.15) is 22.6 Å². The average Bonchev–Trinajstić information content (AvgIpc) is 2.82. The number of rotatable bonds is 6. The van der Waals surface area contributed by atoms with Crippen LogP contribution in [-0.4, -0.2) is 41.1 Å². The predicted octanol–water partition coefficient (Wildman–Crippen LogP) is 5.14. The SMILES string of the molecule is COC(=O)c1ccccc1O.[2H]C([2H])([2H])C([2H])([2H])C([2H])([2H])Br.[2H]C([2H])([2H])C([2H])([2H])C([2H])([2H])Oc1ccccc1C(=O)O. The zero-order valence-electron chi connectivity index (χ0n) is 28.5. The van der Waals surface area contributed by atoms with Gasteiger partial charge in [0.25, 0.3) is 0 Å². The largest absolute Gasteiger partial charge is 0.507 e. The second kappa shape index (κ2) is 15.5. The number of carboxylic acid groups (broad SMARTS) is 1. The minimum atomic E-state index is -3.31. The van der Waals surface area contributed by atoms with E-state index in [2.05, 4.69) is 20.7 Å². The summed E-state index contributed by atoms with van der Waals surface area (Å²) in [5.74, 6) is -2.42. The van der Waals surface area contributed by atoms with E-state index >= 15 is 0 Å². The van der Waals surface area contributed by atoms with Crippen molar-refractivity contribution < 1.29 is 48.5 Å². The Morgan fingerprint density at radius 1 is 1.07 bits per heavy atom. The predicted molar refractivity (Wildman–Crippen MR) is 113 cm³/mol. The van der Waals surface area contributed by atoms with E-state index in [1.165, 1.54) is 31.4 Å². The topological polar surface area (TPSA) is 93.1 Å². The Balaban J connectivity index is 0.000000650. The summed E-state index contributed by atoms with van der Waals surface area (Å²) >= 11 is 2.33. The third-order valence-electron chi connectivity index (χ3n) is 2.69. The number of methoxy groups -OCH3 is 1. The van der Waals surface area contributed by atoms with Gasteiger partial charge >= 0.3 is 11.9 Å². The first-order chi connectivity index (χ1) is 18.7. The number of halogens is 1. The summed E-state index contributed by atoms with van der Waals surface area (Å²) in [6, 6.07) is 11.2. The molecule has 28 heavy (non-hydrogen) atoms. The van der Waals surface area contributed by atoms with Crippen LogP contribution in [0.1, 0.15) is 66.4 Å². The van der Waals surface area contributed by atoms with Gasteiger partial charge in [-0.3, -0.25) is 0 Å². The summed E-state index contributed by atoms with van der Waals surface area (Å²) in [5.41, 5.74) is -0.201. The van der Waals surface area contributed by atoms with Crippen molar-refractivity contribution in [3.8, 4) is 11.5 Å². The van der Waals surface area contributed by atoms with Gasteiger partial charge in [0, 0.05) is 21.7 Å². The Labute approximate surface area is 193 Å². The molecule has 2 rings (SSSR count). The second-order valence-electron chi connectivity index (χ2n) is 4.36. The molecule has 0 amide bonds. The number of para-hydroxylation sites is 2. The molecule has 0 saturated carbocycles. The van der Waals surface area contributed by atoms with Crippen molar-refractivity contribution in [3.05, 3.63) is 59.7 Å². The highest BCUT2D eigenvalue weighted by Crippen LogP contribution is 2.17. The number of alkyl halides is 1. The summed E-state index contributed by atoms with van der Waals surface area (Å²) in [4.78, 5) is 21.8. The quantitative estimate of drug-likeness (QED) is 0.449. The molecular formula is C21H27BrO6. The number of carbonyl (C=O) groups excluding carboxylic acids is 1. The molecule has 0 aliphatic rings. The Hall–Kier alpha value is -2.54. The maximum atomic E-state index is 10.9. The number of phenols is 1. The minimum absolute atomic E-state index is 0.0562. The molecular weight excluding hydrogens is 428 g/mol. The molecule has 0 atom stereocenters. The van der Waals surface area contributed by atoms with Gasteiger partial charge in [-0.1, -0.05) is 53.9 Å². The first kappa shape index (κ1) is 10.3. The Kier molecular flexibility index (Phi) is 5.70. The molecule has 2 aromatic rings. The molecule has 0 aromatic heterocycles. The number of carboxylic acids is 1. The molecule has 0 aliphatic carbocycles. The lowest BCUT2D eigenvalue weighted by Gasteiger charge is -2.06. The molecule has 0 bridgehead atoms. The van der Waals surface area contributed by atoms with Crippen molar-refractivity contribution in [1.29, 1.82) is 0 Å². The minimum Gasteiger partial charge on any atom is -0.507 e. The van der Waals surface area contributed by atoms with Gasteiger partial charge in [-0.2, -0.15) is 0 Å². The van der Waals surface area contributed by atoms with E-state index in [4.69, 9.17) is 34.1 Å². The Morgan fingerprint density at radius 2 is 1.68 bits per heavy atom. The number of hydrogen-bond donors (Lipinski definition) is 2. The van der Waals surface area contributed by atoms with Crippen molar-refractivity contribution in [2.75, 3.05) is 19.0 Å². The van der Waals surface area contributed by atoms with E-state index in [1.807, 2.05) is 0 Å². The number of hydrogen-bond acceptors (Lipinski definition) is 5. The molecule has 2 aromatic carbocycles. The van der Waals surface area contributed by atoms with Gasteiger partial charge in [-0.25, -0.2) is 9.59 Å². The highest BCUT2D eigenvalue weighted by molar-refractivity contribution is 9.09. The van der Waals surface area contributed by atoms with Crippen LogP contribution in [0.2, 0.25) is 0 Å². The smallest absolute Gasteiger partial charge is 0.341 e. The number of carbonyl (C=O) groups is 2. The van der Waals surface area contributed by atoms with Gasteiger partial charge < -0.3 is 19.7 Å². The van der Waals surface area contributed by atoms with E-state index in [1.54, 1.807) is 12.1 Å². The molecule has 0 heterocycles. The van der Waals surface area contributed by atoms with Crippen LogP contribution in [0.25, 0.3) is 0 Å². The van der Waals surface area contributed by atoms with Crippen LogP contribution in [0.15, 0.2) is 48.5 Å². The van der Waals surface area contributed by atoms with Crippen LogP contribution in [0.4, 0.5) is 0 Å². The fraction of sp³-hybridized carbons (Fsp3) is 0.333. The van der Waals surface area contributed by atoms with E-state index in [0.29, 0.717) is 0 Å². The number of aromatic carboxylic acids is 1. The highest BCUT2D eigenvalue weighted by Gasteiger charge is 2.09. The van der Waals surface area contributed by atoms with Crippen LogP contribution in [-0.2, 0) is 4.74 Å². The molecule has 0 saturated heterocycles. The van der Waals surface area contributed by atoms with Gasteiger partial charge in [0.05, 0.1) is 16.4 Å². The van der Waals surface area contributed by atoms with Gasteiger partial charge in [-0.15, -0.1) is 0 Å². The van der Waals surface area contributed by atoms with Crippen LogP contribution in [0, 0.1) is 0 Å². The molecule has 6 nitrogen and oxygen atoms in total. The number of esters is 1. The molecule has 0 radical (unpaired) electrons. The van der Waals surface area contributed by atoms with Crippen LogP contribution >= 0.6 is 15.9 Å². The highest BCUT2D eigenvalue weighted by atomic mass is 79.9. The maximum Gasteiger partial charge on any atom is 0.341 e. The zero-order chi connectivity index (χ0) is 33.5. The summed E-state index contributed by atoms with van der Waals surface area (Å²) in [6.45, 7) is -9.46. The van der Waals surface area contributed by atoms with Crippen LogP contribution in [0.3, 0.4) is 0 Å². The lowest BCUT2D eigenvalue weighted by molar-refractivity contribution is 0.0596. The lowest BCUT2D eigenvalue weighted by Crippen LogP contribution is -2.03. The van der Waals surface area contributed by atoms with Crippen molar-refractivity contribution in [3.63, 3.8) is 0 Å². The second-order valence-corrected chi connectivity index (χ2v) is 4.76. The fourth-order valence-corrected chi connectivity index (χ4v) is 1.57. The number of benzene rings is 2. The third kappa shape index (κ3) is 9.97. The van der Waals surface area contributed by atoms with Crippen molar-refractivity contribution in [2.45, 2.75) is 26.4 Å². The summed E-state index contributed by atoms with van der Waals surface area (Å²) < 4.78 is 107. The molecule has 2 N–H and O–H groups in total. The molecule has 0 unspecified atom stereocenters. The molecule has 154 valence electrons. The summed E-state index contributed by atoms with van der Waals surface area (Å²) in [7, 11) is 1.27. The number of ether oxygens (including phenoxy) is 2. The van der Waals surface area contributed by atoms with Crippen LogP contribution < -0.4 is 4.74 Å². The third-order valence-corrected chi connectivity index (χ3v) is 2.88. The Bertz CT molecular complexity index is 1190. The van der Waals surface area contributed by atoms with Crippen molar-refractivity contribution in [2.24, 2.45) is 0 Å². The zero-order valence-corrected chi connectivity index (χ0v) is 16.1.